The molecule has 2 heterocycles. The number of ether oxygens (including phenoxy) is 1. The van der Waals surface area contributed by atoms with Crippen LogP contribution in [0.1, 0.15) is 55.0 Å². The number of carbonyl (C=O) groups excluding carboxylic acids is 2. The minimum atomic E-state index is -0.523. The quantitative estimate of drug-likeness (QED) is 0.741. The lowest BCUT2D eigenvalue weighted by Crippen LogP contribution is -2.53. The zero-order valence-electron chi connectivity index (χ0n) is 17.7. The fourth-order valence-electron chi connectivity index (χ4n) is 3.57. The molecule has 1 atom stereocenters. The van der Waals surface area contributed by atoms with Gasteiger partial charge in [-0.1, -0.05) is 39.0 Å². The van der Waals surface area contributed by atoms with E-state index < -0.39 is 6.10 Å². The Labute approximate surface area is 172 Å². The van der Waals surface area contributed by atoms with Crippen LogP contribution < -0.4 is 4.74 Å². The Balaban J connectivity index is 1.61. The largest absolute Gasteiger partial charge is 0.480 e. The molecule has 0 bridgehead atoms. The fraction of sp³-hybridized carbons (Fsp3) is 0.478. The van der Waals surface area contributed by atoms with E-state index in [0.29, 0.717) is 50.0 Å². The Morgan fingerprint density at radius 3 is 2.28 bits per heavy atom. The average Bonchev–Trinajstić information content (AvgIpc) is 3.17. The molecule has 0 saturated carbocycles. The van der Waals surface area contributed by atoms with Crippen molar-refractivity contribution in [1.82, 2.24) is 9.80 Å². The molecule has 1 fully saturated rings. The first-order valence-corrected chi connectivity index (χ1v) is 10.3. The van der Waals surface area contributed by atoms with Gasteiger partial charge in [0.05, 0.1) is 0 Å². The van der Waals surface area contributed by atoms with Crippen LogP contribution in [0, 0.1) is 6.92 Å². The van der Waals surface area contributed by atoms with Crippen LogP contribution in [0.3, 0.4) is 0 Å². The summed E-state index contributed by atoms with van der Waals surface area (Å²) >= 11 is 0. The van der Waals surface area contributed by atoms with Crippen molar-refractivity contribution in [3.8, 4) is 5.75 Å². The minimum absolute atomic E-state index is 0.0213. The van der Waals surface area contributed by atoms with Crippen LogP contribution in [0.2, 0.25) is 0 Å². The van der Waals surface area contributed by atoms with Crippen molar-refractivity contribution >= 4 is 11.8 Å². The molecule has 2 aromatic rings. The zero-order chi connectivity index (χ0) is 21.0. The van der Waals surface area contributed by atoms with E-state index in [4.69, 9.17) is 9.15 Å². The summed E-state index contributed by atoms with van der Waals surface area (Å²) < 4.78 is 11.6. The number of hydrogen-bond donors (Lipinski definition) is 0. The van der Waals surface area contributed by atoms with Crippen LogP contribution >= 0.6 is 0 Å². The number of nitrogens with zero attached hydrogens (tertiary/aromatic N) is 2. The lowest BCUT2D eigenvalue weighted by atomic mass is 10.0. The van der Waals surface area contributed by atoms with Gasteiger partial charge in [0.15, 0.2) is 11.9 Å². The van der Waals surface area contributed by atoms with Crippen LogP contribution in [-0.4, -0.2) is 53.9 Å². The molecule has 156 valence electrons. The number of furan rings is 1. The standard InChI is InChI=1S/C23H30N2O4/c1-5-19(29-20-9-7-6-8-18(20)16(2)3)22(26)24-12-14-25(15-13-24)23(27)21-11-10-17(4)28-21/h6-11,16,19H,5,12-15H2,1-4H3. The number of piperazine rings is 1. The van der Waals surface area contributed by atoms with Crippen molar-refractivity contribution < 1.29 is 18.7 Å². The van der Waals surface area contributed by atoms with Crippen LogP contribution in [0.4, 0.5) is 0 Å². The van der Waals surface area contributed by atoms with Gasteiger partial charge in [-0.25, -0.2) is 0 Å². The van der Waals surface area contributed by atoms with E-state index >= 15 is 0 Å². The molecule has 0 aliphatic carbocycles. The van der Waals surface area contributed by atoms with E-state index in [1.54, 1.807) is 21.9 Å². The zero-order valence-corrected chi connectivity index (χ0v) is 17.7. The molecule has 3 rings (SSSR count). The molecule has 29 heavy (non-hydrogen) atoms. The molecule has 0 spiro atoms. The molecular weight excluding hydrogens is 368 g/mol. The molecule has 0 N–H and O–H groups in total. The Hall–Kier alpha value is -2.76. The predicted molar refractivity (Wildman–Crippen MR) is 111 cm³/mol. The average molecular weight is 399 g/mol. The fourth-order valence-corrected chi connectivity index (χ4v) is 3.57. The van der Waals surface area contributed by atoms with Crippen molar-refractivity contribution in [3.63, 3.8) is 0 Å². The first-order chi connectivity index (χ1) is 13.9. The summed E-state index contributed by atoms with van der Waals surface area (Å²) in [7, 11) is 0. The van der Waals surface area contributed by atoms with Gasteiger partial charge in [-0.3, -0.25) is 9.59 Å². The SMILES string of the molecule is CCC(Oc1ccccc1C(C)C)C(=O)N1CCN(C(=O)c2ccc(C)o2)CC1. The van der Waals surface area contributed by atoms with E-state index in [1.807, 2.05) is 38.1 Å². The summed E-state index contributed by atoms with van der Waals surface area (Å²) in [6.45, 7) is 9.97. The van der Waals surface area contributed by atoms with Gasteiger partial charge < -0.3 is 19.0 Å². The molecule has 1 aliphatic rings. The molecule has 1 aliphatic heterocycles. The summed E-state index contributed by atoms with van der Waals surface area (Å²) in [6, 6.07) is 11.4. The summed E-state index contributed by atoms with van der Waals surface area (Å²) in [5.41, 5.74) is 1.10. The maximum Gasteiger partial charge on any atom is 0.289 e. The van der Waals surface area contributed by atoms with E-state index in [9.17, 15) is 9.59 Å². The van der Waals surface area contributed by atoms with E-state index in [-0.39, 0.29) is 11.8 Å². The number of benzene rings is 1. The van der Waals surface area contributed by atoms with Crippen LogP contribution in [-0.2, 0) is 4.79 Å². The first-order valence-electron chi connectivity index (χ1n) is 10.3. The number of hydrogen-bond acceptors (Lipinski definition) is 4. The molecule has 0 radical (unpaired) electrons. The summed E-state index contributed by atoms with van der Waals surface area (Å²) in [5, 5.41) is 0. The molecule has 1 aromatic carbocycles. The topological polar surface area (TPSA) is 63.0 Å². The summed E-state index contributed by atoms with van der Waals surface area (Å²) in [5.74, 6) is 2.00. The van der Waals surface area contributed by atoms with Crippen molar-refractivity contribution in [2.24, 2.45) is 0 Å². The van der Waals surface area contributed by atoms with Crippen molar-refractivity contribution in [1.29, 1.82) is 0 Å². The summed E-state index contributed by atoms with van der Waals surface area (Å²) in [6.07, 6.45) is 0.0701. The van der Waals surface area contributed by atoms with Gasteiger partial charge in [-0.05, 0) is 43.0 Å². The molecular formula is C23H30N2O4. The maximum atomic E-state index is 13.0. The highest BCUT2D eigenvalue weighted by Crippen LogP contribution is 2.27. The molecule has 1 saturated heterocycles. The van der Waals surface area contributed by atoms with E-state index in [0.717, 1.165) is 11.3 Å². The lowest BCUT2D eigenvalue weighted by molar-refractivity contribution is -0.140. The summed E-state index contributed by atoms with van der Waals surface area (Å²) in [4.78, 5) is 29.1. The van der Waals surface area contributed by atoms with Gasteiger partial charge in [0.2, 0.25) is 0 Å². The number of carbonyl (C=O) groups is 2. The third-order valence-corrected chi connectivity index (χ3v) is 5.29. The van der Waals surface area contributed by atoms with Gasteiger partial charge in [-0.2, -0.15) is 0 Å². The monoisotopic (exact) mass is 398 g/mol. The highest BCUT2D eigenvalue weighted by Gasteiger charge is 2.30. The highest BCUT2D eigenvalue weighted by molar-refractivity contribution is 5.91. The number of amides is 2. The van der Waals surface area contributed by atoms with Gasteiger partial charge in [0, 0.05) is 26.2 Å². The first kappa shape index (κ1) is 21.0. The smallest absolute Gasteiger partial charge is 0.289 e. The Morgan fingerprint density at radius 2 is 1.69 bits per heavy atom. The normalized spacial score (nSPS) is 15.5. The van der Waals surface area contributed by atoms with Crippen LogP contribution in [0.5, 0.6) is 5.75 Å². The molecule has 6 heteroatoms. The van der Waals surface area contributed by atoms with Crippen molar-refractivity contribution in [3.05, 3.63) is 53.5 Å². The molecule has 2 amide bonds. The Bertz CT molecular complexity index is 850. The van der Waals surface area contributed by atoms with Crippen LogP contribution in [0.15, 0.2) is 40.8 Å². The Kier molecular flexibility index (Phi) is 6.62. The van der Waals surface area contributed by atoms with Gasteiger partial charge in [0.1, 0.15) is 11.5 Å². The van der Waals surface area contributed by atoms with E-state index in [1.165, 1.54) is 0 Å². The number of rotatable bonds is 6. The molecule has 1 unspecified atom stereocenters. The minimum Gasteiger partial charge on any atom is -0.480 e. The lowest BCUT2D eigenvalue weighted by Gasteiger charge is -2.36. The second kappa shape index (κ2) is 9.16. The second-order valence-electron chi connectivity index (χ2n) is 7.74. The number of para-hydroxylation sites is 1. The highest BCUT2D eigenvalue weighted by atomic mass is 16.5. The molecule has 6 nitrogen and oxygen atoms in total. The predicted octanol–water partition coefficient (Wildman–Crippen LogP) is 3.85. The van der Waals surface area contributed by atoms with Crippen molar-refractivity contribution in [2.75, 3.05) is 26.2 Å². The van der Waals surface area contributed by atoms with Gasteiger partial charge >= 0.3 is 0 Å². The second-order valence-corrected chi connectivity index (χ2v) is 7.74. The number of aryl methyl sites for hydroxylation is 1. The van der Waals surface area contributed by atoms with Gasteiger partial charge in [-0.15, -0.1) is 0 Å². The van der Waals surface area contributed by atoms with E-state index in [2.05, 4.69) is 13.8 Å². The maximum absolute atomic E-state index is 13.0. The molecule has 1 aromatic heterocycles. The Morgan fingerprint density at radius 1 is 1.03 bits per heavy atom. The third kappa shape index (κ3) is 4.81. The van der Waals surface area contributed by atoms with Crippen molar-refractivity contribution in [2.45, 2.75) is 46.1 Å². The van der Waals surface area contributed by atoms with Crippen LogP contribution in [0.25, 0.3) is 0 Å². The third-order valence-electron chi connectivity index (χ3n) is 5.29. The van der Waals surface area contributed by atoms with Gasteiger partial charge in [0.25, 0.3) is 11.8 Å².